The molecule has 0 saturated heterocycles. The van der Waals surface area contributed by atoms with E-state index in [1.54, 1.807) is 48.5 Å². The van der Waals surface area contributed by atoms with E-state index in [9.17, 15) is 9.59 Å². The van der Waals surface area contributed by atoms with Crippen LogP contribution >= 0.6 is 0 Å². The largest absolute Gasteiger partial charge is 0.489 e. The van der Waals surface area contributed by atoms with Gasteiger partial charge in [0.05, 0.1) is 11.3 Å². The minimum atomic E-state index is -0.337. The van der Waals surface area contributed by atoms with Crippen LogP contribution in [0.5, 0.6) is 11.5 Å². The van der Waals surface area contributed by atoms with Crippen molar-refractivity contribution in [2.45, 2.75) is 25.5 Å². The van der Waals surface area contributed by atoms with Crippen molar-refractivity contribution in [1.29, 1.82) is 0 Å². The van der Waals surface area contributed by atoms with Crippen LogP contribution in [0.3, 0.4) is 0 Å². The monoisotopic (exact) mass is 416 g/mol. The zero-order valence-corrected chi connectivity index (χ0v) is 17.0. The van der Waals surface area contributed by atoms with Gasteiger partial charge < -0.3 is 20.1 Å². The summed E-state index contributed by atoms with van der Waals surface area (Å²) >= 11 is 0. The number of hydrogen-bond donors (Lipinski definition) is 2. The van der Waals surface area contributed by atoms with Gasteiger partial charge in [-0.1, -0.05) is 42.5 Å². The van der Waals surface area contributed by atoms with Gasteiger partial charge in [-0.25, -0.2) is 0 Å². The Kier molecular flexibility index (Phi) is 6.47. The minimum absolute atomic E-state index is 0.164. The van der Waals surface area contributed by atoms with E-state index >= 15 is 0 Å². The minimum Gasteiger partial charge on any atom is -0.489 e. The number of ether oxygens (including phenoxy) is 2. The molecule has 4 rings (SSSR count). The van der Waals surface area contributed by atoms with Crippen LogP contribution in [-0.2, 0) is 11.4 Å². The molecule has 1 aliphatic rings. The standard InChI is InChI=1S/C25H24N2O4/c28-24(27-23-9-5-4-8-22(23)25(29)26-19-10-11-19)17-31-21-14-12-20(13-15-21)30-16-18-6-2-1-3-7-18/h1-9,12-15,19H,10-11,16-17H2,(H,26,29)(H,27,28). The Labute approximate surface area is 181 Å². The number of benzene rings is 3. The zero-order chi connectivity index (χ0) is 21.5. The summed E-state index contributed by atoms with van der Waals surface area (Å²) in [7, 11) is 0. The number of carbonyl (C=O) groups is 2. The molecule has 1 saturated carbocycles. The fourth-order valence-corrected chi connectivity index (χ4v) is 2.99. The average Bonchev–Trinajstić information content (AvgIpc) is 3.62. The molecule has 0 heterocycles. The molecule has 6 nitrogen and oxygen atoms in total. The second-order valence-electron chi connectivity index (χ2n) is 7.38. The van der Waals surface area contributed by atoms with Crippen LogP contribution in [0.4, 0.5) is 5.69 Å². The van der Waals surface area contributed by atoms with Gasteiger partial charge in [0, 0.05) is 6.04 Å². The van der Waals surface area contributed by atoms with Gasteiger partial charge in [0.2, 0.25) is 0 Å². The number of hydrogen-bond acceptors (Lipinski definition) is 4. The Morgan fingerprint density at radius 1 is 0.806 bits per heavy atom. The maximum atomic E-state index is 12.3. The van der Waals surface area contributed by atoms with Crippen molar-refractivity contribution in [1.82, 2.24) is 5.32 Å². The molecule has 3 aromatic carbocycles. The molecule has 0 atom stereocenters. The van der Waals surface area contributed by atoms with E-state index in [1.165, 1.54) is 0 Å². The molecule has 0 aliphatic heterocycles. The highest BCUT2D eigenvalue weighted by atomic mass is 16.5. The average molecular weight is 416 g/mol. The van der Waals surface area contributed by atoms with E-state index in [1.807, 2.05) is 30.3 Å². The first kappa shape index (κ1) is 20.5. The van der Waals surface area contributed by atoms with Crippen LogP contribution < -0.4 is 20.1 Å². The molecule has 0 bridgehead atoms. The Bertz CT molecular complexity index is 1030. The van der Waals surface area contributed by atoms with Gasteiger partial charge in [-0.15, -0.1) is 0 Å². The van der Waals surface area contributed by atoms with Crippen molar-refractivity contribution in [2.75, 3.05) is 11.9 Å². The second kappa shape index (κ2) is 9.80. The maximum absolute atomic E-state index is 12.3. The predicted molar refractivity (Wildman–Crippen MR) is 118 cm³/mol. The molecular weight excluding hydrogens is 392 g/mol. The highest BCUT2D eigenvalue weighted by molar-refractivity contribution is 6.04. The summed E-state index contributed by atoms with van der Waals surface area (Å²) in [6.45, 7) is 0.319. The summed E-state index contributed by atoms with van der Waals surface area (Å²) < 4.78 is 11.3. The molecule has 2 amide bonds. The summed E-state index contributed by atoms with van der Waals surface area (Å²) in [4.78, 5) is 24.7. The summed E-state index contributed by atoms with van der Waals surface area (Å²) in [6, 6.07) is 24.2. The first-order valence-corrected chi connectivity index (χ1v) is 10.3. The molecule has 0 unspecified atom stereocenters. The van der Waals surface area contributed by atoms with Crippen molar-refractivity contribution in [2.24, 2.45) is 0 Å². The van der Waals surface area contributed by atoms with Crippen molar-refractivity contribution in [3.8, 4) is 11.5 Å². The normalized spacial score (nSPS) is 12.6. The van der Waals surface area contributed by atoms with E-state index in [4.69, 9.17) is 9.47 Å². The lowest BCUT2D eigenvalue weighted by atomic mass is 10.1. The fourth-order valence-electron chi connectivity index (χ4n) is 2.99. The van der Waals surface area contributed by atoms with Crippen LogP contribution in [-0.4, -0.2) is 24.5 Å². The fraction of sp³-hybridized carbons (Fsp3) is 0.200. The molecule has 1 aliphatic carbocycles. The highest BCUT2D eigenvalue weighted by Gasteiger charge is 2.25. The topological polar surface area (TPSA) is 76.7 Å². The molecular formula is C25H24N2O4. The van der Waals surface area contributed by atoms with Gasteiger partial charge in [0.1, 0.15) is 18.1 Å². The Morgan fingerprint density at radius 3 is 2.16 bits per heavy atom. The molecule has 158 valence electrons. The number of anilines is 1. The third kappa shape index (κ3) is 6.09. The number of para-hydroxylation sites is 1. The quantitative estimate of drug-likeness (QED) is 0.549. The Balaban J connectivity index is 1.26. The van der Waals surface area contributed by atoms with Crippen molar-refractivity contribution in [3.63, 3.8) is 0 Å². The SMILES string of the molecule is O=C(COc1ccc(OCc2ccccc2)cc1)Nc1ccccc1C(=O)NC1CC1. The third-order valence-electron chi connectivity index (χ3n) is 4.80. The van der Waals surface area contributed by atoms with E-state index in [0.29, 0.717) is 23.6 Å². The molecule has 0 radical (unpaired) electrons. The van der Waals surface area contributed by atoms with Gasteiger partial charge in [0.25, 0.3) is 11.8 Å². The van der Waals surface area contributed by atoms with E-state index in [2.05, 4.69) is 10.6 Å². The first-order valence-electron chi connectivity index (χ1n) is 10.3. The zero-order valence-electron chi connectivity index (χ0n) is 17.0. The predicted octanol–water partition coefficient (Wildman–Crippen LogP) is 4.18. The van der Waals surface area contributed by atoms with Gasteiger partial charge in [-0.2, -0.15) is 0 Å². The van der Waals surface area contributed by atoms with Crippen LogP contribution in [0.25, 0.3) is 0 Å². The molecule has 0 spiro atoms. The molecule has 1 fully saturated rings. The highest BCUT2D eigenvalue weighted by Crippen LogP contribution is 2.22. The van der Waals surface area contributed by atoms with Gasteiger partial charge in [-0.3, -0.25) is 9.59 Å². The van der Waals surface area contributed by atoms with Gasteiger partial charge >= 0.3 is 0 Å². The Morgan fingerprint density at radius 2 is 1.45 bits per heavy atom. The first-order chi connectivity index (χ1) is 15.2. The van der Waals surface area contributed by atoms with E-state index < -0.39 is 0 Å². The third-order valence-corrected chi connectivity index (χ3v) is 4.80. The van der Waals surface area contributed by atoms with Crippen molar-refractivity contribution >= 4 is 17.5 Å². The molecule has 3 aromatic rings. The summed E-state index contributed by atoms with van der Waals surface area (Å²) in [6.07, 6.45) is 2.01. The molecule has 31 heavy (non-hydrogen) atoms. The maximum Gasteiger partial charge on any atom is 0.262 e. The smallest absolute Gasteiger partial charge is 0.262 e. The van der Waals surface area contributed by atoms with Gasteiger partial charge in [-0.05, 0) is 54.8 Å². The number of amides is 2. The molecule has 6 heteroatoms. The van der Waals surface area contributed by atoms with Gasteiger partial charge in [0.15, 0.2) is 6.61 Å². The summed E-state index contributed by atoms with van der Waals surface area (Å²) in [5.74, 6) is 0.764. The van der Waals surface area contributed by atoms with Crippen molar-refractivity contribution < 1.29 is 19.1 Å². The summed E-state index contributed by atoms with van der Waals surface area (Å²) in [5, 5.41) is 5.69. The molecule has 0 aromatic heterocycles. The lowest BCUT2D eigenvalue weighted by Gasteiger charge is -2.12. The van der Waals surface area contributed by atoms with E-state index in [-0.39, 0.29) is 24.5 Å². The summed E-state index contributed by atoms with van der Waals surface area (Å²) in [5.41, 5.74) is 2.01. The van der Waals surface area contributed by atoms with E-state index in [0.717, 1.165) is 24.2 Å². The number of rotatable bonds is 9. The lowest BCUT2D eigenvalue weighted by Crippen LogP contribution is -2.27. The van der Waals surface area contributed by atoms with Crippen LogP contribution in [0.2, 0.25) is 0 Å². The second-order valence-corrected chi connectivity index (χ2v) is 7.38. The molecule has 2 N–H and O–H groups in total. The number of nitrogens with one attached hydrogen (secondary N) is 2. The number of carbonyl (C=O) groups excluding carboxylic acids is 2. The van der Waals surface area contributed by atoms with Crippen LogP contribution in [0.1, 0.15) is 28.8 Å². The van der Waals surface area contributed by atoms with Crippen molar-refractivity contribution in [3.05, 3.63) is 90.0 Å². The Hall–Kier alpha value is -3.80. The van der Waals surface area contributed by atoms with Crippen LogP contribution in [0, 0.1) is 0 Å². The lowest BCUT2D eigenvalue weighted by molar-refractivity contribution is -0.118. The van der Waals surface area contributed by atoms with Crippen LogP contribution in [0.15, 0.2) is 78.9 Å².